The summed E-state index contributed by atoms with van der Waals surface area (Å²) in [5.41, 5.74) is 3.70. The second kappa shape index (κ2) is 8.43. The molecule has 7 rings (SSSR count). The van der Waals surface area contributed by atoms with Gasteiger partial charge in [0, 0.05) is 18.0 Å². The van der Waals surface area contributed by atoms with Crippen LogP contribution in [0.5, 0.6) is 6.01 Å². The summed E-state index contributed by atoms with van der Waals surface area (Å²) in [7, 11) is 1.61. The van der Waals surface area contributed by atoms with Gasteiger partial charge in [-0.05, 0) is 68.5 Å². The van der Waals surface area contributed by atoms with Gasteiger partial charge in [-0.3, -0.25) is 4.90 Å². The Morgan fingerprint density at radius 2 is 1.91 bits per heavy atom. The van der Waals surface area contributed by atoms with Crippen molar-refractivity contribution in [1.29, 1.82) is 0 Å². The molecule has 4 fully saturated rings. The predicted molar refractivity (Wildman–Crippen MR) is 132 cm³/mol. The van der Waals surface area contributed by atoms with E-state index < -0.39 is 6.02 Å². The molecule has 0 amide bonds. The number of methoxy groups -OCH3 is 1. The molecule has 3 aromatic rings. The fourth-order valence-electron chi connectivity index (χ4n) is 6.14. The van der Waals surface area contributed by atoms with Gasteiger partial charge < -0.3 is 19.1 Å². The number of piperidine rings is 1. The normalized spacial score (nSPS) is 26.8. The van der Waals surface area contributed by atoms with Gasteiger partial charge >= 0.3 is 6.01 Å². The highest BCUT2D eigenvalue weighted by atomic mass is 16.5. The molecule has 2 bridgehead atoms. The van der Waals surface area contributed by atoms with Crippen LogP contribution in [-0.4, -0.2) is 89.4 Å². The van der Waals surface area contributed by atoms with Crippen molar-refractivity contribution in [1.82, 2.24) is 24.6 Å². The van der Waals surface area contributed by atoms with Crippen molar-refractivity contribution in [3.63, 3.8) is 0 Å². The Morgan fingerprint density at radius 3 is 2.60 bits per heavy atom. The Balaban J connectivity index is 1.21. The minimum atomic E-state index is -0.521. The van der Waals surface area contributed by atoms with E-state index in [-0.39, 0.29) is 6.10 Å². The fraction of sp³-hybridized carbons (Fsp3) is 0.577. The van der Waals surface area contributed by atoms with Crippen LogP contribution in [0.2, 0.25) is 0 Å². The first-order valence-corrected chi connectivity index (χ1v) is 12.6. The third-order valence-electron chi connectivity index (χ3n) is 8.15. The van der Waals surface area contributed by atoms with Gasteiger partial charge in [0.25, 0.3) is 0 Å². The number of hydrogen-bond donors (Lipinski definition) is 0. The van der Waals surface area contributed by atoms with Crippen LogP contribution in [0, 0.1) is 6.92 Å². The number of hydrogen-bond acceptors (Lipinski definition) is 8. The first kappa shape index (κ1) is 20.4. The minimum absolute atomic E-state index is 0.281. The molecule has 0 spiro atoms. The lowest BCUT2D eigenvalue weighted by Gasteiger charge is -2.41. The first-order chi connectivity index (χ1) is 17.5. The average molecular weight is 478 g/mol. The van der Waals surface area contributed by atoms with E-state index in [1.54, 1.807) is 7.11 Å². The predicted octanol–water partition coefficient (Wildman–Crippen LogP) is 2.69. The molecule has 4 aliphatic rings. The monoisotopic (exact) mass is 477 g/mol. The molecule has 2 atom stereocenters. The number of nitrogens with zero attached hydrogens (tertiary/aromatic N) is 6. The maximum atomic E-state index is 8.58. The molecule has 4 aliphatic heterocycles. The molecule has 0 radical (unpaired) electrons. The molecule has 4 saturated heterocycles. The van der Waals surface area contributed by atoms with E-state index in [1.165, 1.54) is 11.1 Å². The number of likely N-dealkylation sites (tertiary alicyclic amines) is 1. The van der Waals surface area contributed by atoms with Crippen molar-refractivity contribution in [2.45, 2.75) is 50.3 Å². The van der Waals surface area contributed by atoms with E-state index in [9.17, 15) is 0 Å². The molecule has 0 aliphatic carbocycles. The lowest BCUT2D eigenvalue weighted by Crippen LogP contribution is -2.51. The van der Waals surface area contributed by atoms with Crippen LogP contribution in [0.25, 0.3) is 16.7 Å². The molecule has 6 heterocycles. The molecule has 1 aromatic carbocycles. The van der Waals surface area contributed by atoms with E-state index in [0.29, 0.717) is 37.0 Å². The summed E-state index contributed by atoms with van der Waals surface area (Å²) in [6.45, 7) is 6.70. The lowest BCUT2D eigenvalue weighted by molar-refractivity contribution is -0.0712. The van der Waals surface area contributed by atoms with Gasteiger partial charge in [-0.2, -0.15) is 15.1 Å². The summed E-state index contributed by atoms with van der Waals surface area (Å²) in [6.07, 6.45) is 5.33. The van der Waals surface area contributed by atoms with Crippen molar-refractivity contribution in [3.8, 4) is 11.8 Å². The van der Waals surface area contributed by atoms with Gasteiger partial charge in [-0.25, -0.2) is 4.68 Å². The van der Waals surface area contributed by atoms with Gasteiger partial charge in [-0.15, -0.1) is 0 Å². The standard InChI is InChI=1S/C26H32N6O3/c1-16-7-18-11-27-32(23(18)9-22(16)17-3-5-30(6-4-17)20-13-34-14-20)25-10-24(28-26(29-25)33-2)31-12-21-8-19(31)15-35-21/h7,9-11,17,19-21H,3-6,8,12-15H2,1-2H3/t19-,21-/m1/s1/i20D. The molecule has 184 valence electrons. The van der Waals surface area contributed by atoms with Crippen molar-refractivity contribution >= 4 is 16.7 Å². The Morgan fingerprint density at radius 1 is 1.09 bits per heavy atom. The number of morpholine rings is 1. The maximum Gasteiger partial charge on any atom is 0.320 e. The molecule has 0 N–H and O–H groups in total. The lowest BCUT2D eigenvalue weighted by atomic mass is 9.85. The van der Waals surface area contributed by atoms with E-state index in [4.69, 9.17) is 20.7 Å². The van der Waals surface area contributed by atoms with Gasteiger partial charge in [0.15, 0.2) is 5.82 Å². The number of benzene rings is 1. The summed E-state index contributed by atoms with van der Waals surface area (Å²) in [4.78, 5) is 13.9. The molecule has 35 heavy (non-hydrogen) atoms. The van der Waals surface area contributed by atoms with E-state index in [2.05, 4.69) is 38.8 Å². The highest BCUT2D eigenvalue weighted by Crippen LogP contribution is 2.36. The van der Waals surface area contributed by atoms with Crippen LogP contribution < -0.4 is 9.64 Å². The Hall–Kier alpha value is -2.75. The van der Waals surface area contributed by atoms with Crippen LogP contribution in [0.15, 0.2) is 24.4 Å². The van der Waals surface area contributed by atoms with E-state index >= 15 is 0 Å². The molecule has 0 unspecified atom stereocenters. The molecule has 9 nitrogen and oxygen atoms in total. The quantitative estimate of drug-likeness (QED) is 0.555. The number of ether oxygens (including phenoxy) is 3. The summed E-state index contributed by atoms with van der Waals surface area (Å²) in [5, 5.41) is 5.82. The van der Waals surface area contributed by atoms with Crippen LogP contribution in [0.3, 0.4) is 0 Å². The number of fused-ring (bicyclic) bond motifs is 3. The summed E-state index contributed by atoms with van der Waals surface area (Å²) < 4.78 is 27.1. The Kier molecular flexibility index (Phi) is 4.92. The zero-order chi connectivity index (χ0) is 24.4. The Labute approximate surface area is 206 Å². The zero-order valence-electron chi connectivity index (χ0n) is 21.3. The molecule has 2 aromatic heterocycles. The number of aryl methyl sites for hydroxylation is 1. The highest BCUT2D eigenvalue weighted by molar-refractivity contribution is 5.82. The number of rotatable bonds is 5. The second-order valence-electron chi connectivity index (χ2n) is 10.2. The van der Waals surface area contributed by atoms with Crippen molar-refractivity contribution in [2.24, 2.45) is 0 Å². The summed E-state index contributed by atoms with van der Waals surface area (Å²) in [6, 6.07) is 6.73. The number of anilines is 1. The van der Waals surface area contributed by atoms with Gasteiger partial charge in [-0.1, -0.05) is 0 Å². The van der Waals surface area contributed by atoms with Gasteiger partial charge in [0.05, 0.1) is 58.2 Å². The molecular weight excluding hydrogens is 444 g/mol. The fourth-order valence-corrected chi connectivity index (χ4v) is 6.14. The zero-order valence-corrected chi connectivity index (χ0v) is 20.3. The van der Waals surface area contributed by atoms with Crippen molar-refractivity contribution in [2.75, 3.05) is 51.5 Å². The molecule has 0 saturated carbocycles. The van der Waals surface area contributed by atoms with E-state index in [1.807, 2.05) is 16.9 Å². The summed E-state index contributed by atoms with van der Waals surface area (Å²) in [5.74, 6) is 2.04. The van der Waals surface area contributed by atoms with Crippen molar-refractivity contribution in [3.05, 3.63) is 35.5 Å². The van der Waals surface area contributed by atoms with E-state index in [0.717, 1.165) is 62.2 Å². The minimum Gasteiger partial charge on any atom is -0.467 e. The highest BCUT2D eigenvalue weighted by Gasteiger charge is 2.40. The maximum absolute atomic E-state index is 8.58. The van der Waals surface area contributed by atoms with Crippen LogP contribution in [-0.2, 0) is 9.47 Å². The second-order valence-corrected chi connectivity index (χ2v) is 10.2. The number of aromatic nitrogens is 4. The summed E-state index contributed by atoms with van der Waals surface area (Å²) >= 11 is 0. The molecular formula is C26H32N6O3. The van der Waals surface area contributed by atoms with Crippen LogP contribution >= 0.6 is 0 Å². The van der Waals surface area contributed by atoms with Crippen LogP contribution in [0.1, 0.15) is 37.7 Å². The van der Waals surface area contributed by atoms with Crippen molar-refractivity contribution < 1.29 is 15.6 Å². The smallest absolute Gasteiger partial charge is 0.320 e. The SMILES string of the molecule is [2H]C1(N2CCC(c3cc4c(cnn4-c4cc(N5C[C@H]6C[C@@H]5CO6)nc(OC)n4)cc3C)CC2)COC1. The Bertz CT molecular complexity index is 1300. The topological polar surface area (TPSA) is 77.8 Å². The average Bonchev–Trinajstić information content (AvgIpc) is 3.62. The first-order valence-electron chi connectivity index (χ1n) is 13.1. The third-order valence-corrected chi connectivity index (χ3v) is 8.15. The third kappa shape index (κ3) is 3.68. The van der Waals surface area contributed by atoms with Gasteiger partial charge in [0.2, 0.25) is 0 Å². The molecule has 9 heteroatoms. The largest absolute Gasteiger partial charge is 0.467 e. The van der Waals surface area contributed by atoms with Crippen LogP contribution in [0.4, 0.5) is 5.82 Å². The van der Waals surface area contributed by atoms with Gasteiger partial charge in [0.1, 0.15) is 5.82 Å².